The predicted octanol–water partition coefficient (Wildman–Crippen LogP) is 28.0. The van der Waals surface area contributed by atoms with Gasteiger partial charge in [-0.3, -0.25) is 9.97 Å². The van der Waals surface area contributed by atoms with Crippen LogP contribution < -0.4 is 18.9 Å². The van der Waals surface area contributed by atoms with Crippen molar-refractivity contribution in [1.82, 2.24) is 9.97 Å². The Morgan fingerprint density at radius 3 is 0.964 bits per heavy atom. The lowest BCUT2D eigenvalue weighted by atomic mass is 9.70. The zero-order valence-electron chi connectivity index (χ0n) is 59.1. The van der Waals surface area contributed by atoms with Gasteiger partial charge in [-0.05, 0) is 229 Å². The highest BCUT2D eigenvalue weighted by atomic mass is 16.6. The van der Waals surface area contributed by atoms with Gasteiger partial charge in [0.1, 0.15) is 11.2 Å². The van der Waals surface area contributed by atoms with Crippen LogP contribution in [-0.2, 0) is 5.41 Å². The Labute approximate surface area is 632 Å². The van der Waals surface area contributed by atoms with Gasteiger partial charge in [0, 0.05) is 45.4 Å². The number of benzene rings is 17. The molecule has 2 aliphatic carbocycles. The molecule has 7 nitrogen and oxygen atoms in total. The molecule has 20 aromatic rings. The van der Waals surface area contributed by atoms with E-state index in [1.54, 1.807) is 0 Å². The minimum Gasteiger partial charge on any atom is -0.456 e. The summed E-state index contributed by atoms with van der Waals surface area (Å²) in [5.74, 6) is 5.73. The van der Waals surface area contributed by atoms with E-state index in [-0.39, 0.29) is 0 Å². The Morgan fingerprint density at radius 2 is 0.527 bits per heavy atom. The highest BCUT2D eigenvalue weighted by Gasteiger charge is 2.51. The van der Waals surface area contributed by atoms with Crippen LogP contribution in [-0.4, -0.2) is 9.97 Å². The summed E-state index contributed by atoms with van der Waals surface area (Å²) in [5, 5.41) is 13.9. The Balaban J connectivity index is 0.000000133. The molecule has 24 rings (SSSR count). The molecule has 7 heteroatoms. The highest BCUT2D eigenvalue weighted by molar-refractivity contribution is 6.23. The molecule has 17 aromatic carbocycles. The molecule has 5 heterocycles. The number of fused-ring (bicyclic) bond motifs is 22. The van der Waals surface area contributed by atoms with Gasteiger partial charge < -0.3 is 23.4 Å². The van der Waals surface area contributed by atoms with Gasteiger partial charge in [-0.1, -0.05) is 255 Å². The molecule has 3 aromatic heterocycles. The average Bonchev–Trinajstić information content (AvgIpc) is 1.50. The molecule has 0 radical (unpaired) electrons. The van der Waals surface area contributed by atoms with Gasteiger partial charge in [0.25, 0.3) is 0 Å². The fraction of sp³-hybridized carbons (Fsp3) is 0.00971. The molecule has 4 aliphatic rings. The number of hydrogen-bond acceptors (Lipinski definition) is 7. The maximum atomic E-state index is 6.37. The van der Waals surface area contributed by atoms with Crippen LogP contribution in [0.3, 0.4) is 0 Å². The van der Waals surface area contributed by atoms with Crippen molar-refractivity contribution in [3.63, 3.8) is 0 Å². The number of aromatic nitrogens is 2. The van der Waals surface area contributed by atoms with Crippen LogP contribution >= 0.6 is 0 Å². The van der Waals surface area contributed by atoms with Gasteiger partial charge in [0.2, 0.25) is 0 Å². The molecule has 512 valence electrons. The number of furan rings is 1. The van der Waals surface area contributed by atoms with E-state index in [0.29, 0.717) is 23.0 Å². The second-order valence-corrected chi connectivity index (χ2v) is 28.8. The molecule has 1 spiro atoms. The Bertz CT molecular complexity index is 7120. The second-order valence-electron chi connectivity index (χ2n) is 28.8. The standard InChI is InChI=1S/C56H33NO2.C47H27NO3/c1-3-18-43-41(16-1)54(35-27-30-52-53(32-35)59-51-24-12-11-23-50(51)58-52)42-17-2-4-19-44(42)55(43)36-26-29-49(57-33-36)34-25-28-40-39-15-7-10-22-47(39)56(48(40)31-34)45-20-8-5-13-37(45)38-14-6-9-21-46(38)56;1-2-10-29-25-44-38(23-28(29)9-1)37-24-30(18-21-40(37)49-44)39-20-17-32(27-48-39)47-35-13-5-3-11-33(35)46(34-12-4-6-14-36(34)47)31-19-22-43-45(26-31)51-42-16-8-7-15-41(42)50-43/h1-33H;1-27H. The molecule has 0 saturated carbocycles. The lowest BCUT2D eigenvalue weighted by molar-refractivity contribution is 0.360. The molecule has 0 unspecified atom stereocenters. The molecular weight excluding hydrogens is 1350 g/mol. The minimum absolute atomic E-state index is 0.393. The van der Waals surface area contributed by atoms with Crippen molar-refractivity contribution in [3.8, 4) is 135 Å². The predicted molar refractivity (Wildman–Crippen MR) is 445 cm³/mol. The Kier molecular flexibility index (Phi) is 13.6. The zero-order valence-corrected chi connectivity index (χ0v) is 59.1. The number of ether oxygens (including phenoxy) is 4. The van der Waals surface area contributed by atoms with Crippen LogP contribution in [0, 0.1) is 0 Å². The summed E-state index contributed by atoms with van der Waals surface area (Å²) in [6.45, 7) is 0. The van der Waals surface area contributed by atoms with Crippen LogP contribution in [0.25, 0.3) is 165 Å². The molecule has 0 N–H and O–H groups in total. The van der Waals surface area contributed by atoms with E-state index in [2.05, 4.69) is 297 Å². The normalized spacial score (nSPS) is 12.9. The van der Waals surface area contributed by atoms with Crippen LogP contribution in [0.4, 0.5) is 0 Å². The maximum Gasteiger partial charge on any atom is 0.170 e. The van der Waals surface area contributed by atoms with Crippen molar-refractivity contribution in [3.05, 3.63) is 386 Å². The number of hydrogen-bond donors (Lipinski definition) is 0. The second kappa shape index (κ2) is 24.2. The fourth-order valence-electron chi connectivity index (χ4n) is 18.2. The SMILES string of the molecule is c1ccc2c(c1)Oc1ccc(-c3c4ccccc4c(-c4ccc(-c5ccc6c(c5)C5(c7ccccc7-c7ccccc75)c5ccccc5-6)nc4)c4ccccc34)cc1O2.c1ccc2c(c1)Oc1ccc(-c3c4ccccc4c(-c4ccc(-c5ccc6oc7cc8ccccc8cc7c6c5)nc4)c4ccccc34)cc1O2. The maximum absolute atomic E-state index is 6.37. The van der Waals surface area contributed by atoms with Gasteiger partial charge in [-0.15, -0.1) is 0 Å². The molecule has 0 fully saturated rings. The lowest BCUT2D eigenvalue weighted by Crippen LogP contribution is -2.25. The molecule has 2 aliphatic heterocycles. The van der Waals surface area contributed by atoms with E-state index in [4.69, 9.17) is 33.3 Å². The first-order chi connectivity index (χ1) is 54.5. The van der Waals surface area contributed by atoms with Crippen LogP contribution in [0.15, 0.2) is 369 Å². The Morgan fingerprint density at radius 1 is 0.200 bits per heavy atom. The van der Waals surface area contributed by atoms with Crippen molar-refractivity contribution in [2.75, 3.05) is 0 Å². The first-order valence-corrected chi connectivity index (χ1v) is 37.3. The number of para-hydroxylation sites is 4. The molecule has 0 saturated heterocycles. The third-order valence-corrected chi connectivity index (χ3v) is 22.9. The van der Waals surface area contributed by atoms with Gasteiger partial charge in [-0.25, -0.2) is 0 Å². The Hall–Kier alpha value is -14.7. The first kappa shape index (κ1) is 61.6. The van der Waals surface area contributed by atoms with E-state index >= 15 is 0 Å². The third-order valence-electron chi connectivity index (χ3n) is 22.9. The summed E-state index contributed by atoms with van der Waals surface area (Å²) in [4.78, 5) is 10.3. The first-order valence-electron chi connectivity index (χ1n) is 37.3. The monoisotopic (exact) mass is 1400 g/mol. The van der Waals surface area contributed by atoms with Gasteiger partial charge in [0.05, 0.1) is 16.8 Å². The quantitative estimate of drug-likeness (QED) is 0.154. The van der Waals surface area contributed by atoms with Gasteiger partial charge in [-0.2, -0.15) is 0 Å². The number of nitrogens with zero attached hydrogens (tertiary/aromatic N) is 2. The van der Waals surface area contributed by atoms with E-state index in [1.165, 1.54) is 98.7 Å². The van der Waals surface area contributed by atoms with Crippen molar-refractivity contribution < 1.29 is 23.4 Å². The van der Waals surface area contributed by atoms with Gasteiger partial charge >= 0.3 is 0 Å². The van der Waals surface area contributed by atoms with E-state index in [1.807, 2.05) is 66.9 Å². The van der Waals surface area contributed by atoms with E-state index in [9.17, 15) is 0 Å². The zero-order chi connectivity index (χ0) is 72.1. The molecule has 0 bridgehead atoms. The number of pyridine rings is 2. The summed E-state index contributed by atoms with van der Waals surface area (Å²) in [7, 11) is 0. The van der Waals surface area contributed by atoms with Crippen LogP contribution in [0.1, 0.15) is 22.3 Å². The van der Waals surface area contributed by atoms with E-state index in [0.717, 1.165) is 112 Å². The van der Waals surface area contributed by atoms with Crippen LogP contribution in [0.2, 0.25) is 0 Å². The molecule has 0 atom stereocenters. The summed E-state index contributed by atoms with van der Waals surface area (Å²) >= 11 is 0. The van der Waals surface area contributed by atoms with E-state index < -0.39 is 5.41 Å². The summed E-state index contributed by atoms with van der Waals surface area (Å²) in [6, 6.07) is 124. The average molecular weight is 1410 g/mol. The largest absolute Gasteiger partial charge is 0.456 e. The summed E-state index contributed by atoms with van der Waals surface area (Å²) in [6.07, 6.45) is 4.07. The third kappa shape index (κ3) is 9.38. The smallest absolute Gasteiger partial charge is 0.170 e. The molecular formula is C103H60N2O5. The fourth-order valence-corrected chi connectivity index (χ4v) is 18.2. The highest BCUT2D eigenvalue weighted by Crippen LogP contribution is 2.63. The summed E-state index contributed by atoms with van der Waals surface area (Å²) in [5.41, 5.74) is 24.9. The van der Waals surface area contributed by atoms with Gasteiger partial charge in [0.15, 0.2) is 46.0 Å². The molecule has 0 amide bonds. The van der Waals surface area contributed by atoms with Crippen molar-refractivity contribution >= 4 is 75.8 Å². The molecule has 110 heavy (non-hydrogen) atoms. The van der Waals surface area contributed by atoms with Crippen molar-refractivity contribution in [1.29, 1.82) is 0 Å². The van der Waals surface area contributed by atoms with Crippen molar-refractivity contribution in [2.45, 2.75) is 5.41 Å². The topological polar surface area (TPSA) is 75.8 Å². The number of rotatable bonds is 6. The lowest BCUT2D eigenvalue weighted by Gasteiger charge is -2.30. The van der Waals surface area contributed by atoms with Crippen molar-refractivity contribution in [2.24, 2.45) is 0 Å². The summed E-state index contributed by atoms with van der Waals surface area (Å²) < 4.78 is 31.3. The minimum atomic E-state index is -0.393. The van der Waals surface area contributed by atoms with Crippen LogP contribution in [0.5, 0.6) is 46.0 Å².